The molecule has 0 unspecified atom stereocenters. The van der Waals surface area contributed by atoms with Crippen LogP contribution >= 0.6 is 11.3 Å². The maximum Gasteiger partial charge on any atom is 0.187 e. The zero-order valence-electron chi connectivity index (χ0n) is 15.9. The van der Waals surface area contributed by atoms with Crippen LogP contribution in [0.4, 0.5) is 19.6 Å². The van der Waals surface area contributed by atoms with Crippen molar-refractivity contribution in [1.82, 2.24) is 4.98 Å². The molecule has 148 valence electrons. The van der Waals surface area contributed by atoms with Gasteiger partial charge in [0.2, 0.25) is 0 Å². The third-order valence-electron chi connectivity index (χ3n) is 4.33. The number of nitrogens with zero attached hydrogens (tertiary/aromatic N) is 1. The zero-order valence-corrected chi connectivity index (χ0v) is 16.7. The summed E-state index contributed by atoms with van der Waals surface area (Å²) in [7, 11) is 0. The Bertz CT molecular complexity index is 880. The molecule has 28 heavy (non-hydrogen) atoms. The first kappa shape index (κ1) is 20.3. The summed E-state index contributed by atoms with van der Waals surface area (Å²) in [5.41, 5.74) is 1.64. The summed E-state index contributed by atoms with van der Waals surface area (Å²) in [5, 5.41) is 5.58. The maximum atomic E-state index is 13.9. The van der Waals surface area contributed by atoms with Gasteiger partial charge in [-0.1, -0.05) is 32.6 Å². The third kappa shape index (κ3) is 5.76. The highest BCUT2D eigenvalue weighted by Crippen LogP contribution is 2.29. The van der Waals surface area contributed by atoms with Crippen molar-refractivity contribution in [2.75, 3.05) is 11.9 Å². The summed E-state index contributed by atoms with van der Waals surface area (Å²) in [4.78, 5) is 4.39. The third-order valence-corrected chi connectivity index (χ3v) is 5.09. The summed E-state index contributed by atoms with van der Waals surface area (Å²) >= 11 is 1.37. The fourth-order valence-electron chi connectivity index (χ4n) is 2.81. The number of hydrogen-bond donors (Lipinski definition) is 1. The lowest BCUT2D eigenvalue weighted by atomic mass is 10.1. The molecule has 2 aromatic carbocycles. The van der Waals surface area contributed by atoms with Crippen LogP contribution in [0.3, 0.4) is 0 Å². The van der Waals surface area contributed by atoms with E-state index in [1.807, 2.05) is 24.3 Å². The van der Waals surface area contributed by atoms with Crippen molar-refractivity contribution in [3.8, 4) is 17.0 Å². The van der Waals surface area contributed by atoms with Crippen molar-refractivity contribution in [3.63, 3.8) is 0 Å². The van der Waals surface area contributed by atoms with Gasteiger partial charge in [-0.3, -0.25) is 0 Å². The highest BCUT2D eigenvalue weighted by Gasteiger charge is 2.10. The molecule has 0 aliphatic rings. The molecular formula is C22H24F2N2OS. The van der Waals surface area contributed by atoms with E-state index in [1.165, 1.54) is 49.2 Å². The Morgan fingerprint density at radius 1 is 1.00 bits per heavy atom. The molecule has 1 N–H and O–H groups in total. The molecule has 0 spiro atoms. The van der Waals surface area contributed by atoms with E-state index in [1.54, 1.807) is 5.38 Å². The molecule has 0 bridgehead atoms. The average molecular weight is 403 g/mol. The largest absolute Gasteiger partial charge is 0.494 e. The molecule has 0 aliphatic heterocycles. The first-order valence-corrected chi connectivity index (χ1v) is 10.4. The lowest BCUT2D eigenvalue weighted by Crippen LogP contribution is -1.97. The number of unbranched alkanes of at least 4 members (excludes halogenated alkanes) is 4. The van der Waals surface area contributed by atoms with E-state index in [2.05, 4.69) is 17.2 Å². The van der Waals surface area contributed by atoms with Crippen LogP contribution < -0.4 is 10.1 Å². The van der Waals surface area contributed by atoms with Crippen molar-refractivity contribution < 1.29 is 13.5 Å². The Labute approximate surface area is 168 Å². The van der Waals surface area contributed by atoms with Crippen molar-refractivity contribution in [2.24, 2.45) is 0 Å². The second kappa shape index (κ2) is 10.2. The standard InChI is InChI=1S/C22H24F2N2OS/c1-2-3-4-5-6-13-27-18-10-8-17(9-11-18)25-22-26-21(15-28-22)19-12-7-16(23)14-20(19)24/h7-12,14-15H,2-6,13H2,1H3,(H,25,26). The van der Waals surface area contributed by atoms with Crippen LogP contribution in [0, 0.1) is 11.6 Å². The highest BCUT2D eigenvalue weighted by molar-refractivity contribution is 7.14. The smallest absolute Gasteiger partial charge is 0.187 e. The van der Waals surface area contributed by atoms with Crippen LogP contribution in [0.25, 0.3) is 11.3 Å². The lowest BCUT2D eigenvalue weighted by molar-refractivity contribution is 0.304. The number of benzene rings is 2. The molecule has 0 atom stereocenters. The van der Waals surface area contributed by atoms with Gasteiger partial charge in [-0.05, 0) is 42.8 Å². The Kier molecular flexibility index (Phi) is 7.37. The second-order valence-corrected chi connectivity index (χ2v) is 7.43. The molecule has 0 saturated heterocycles. The van der Waals surface area contributed by atoms with Crippen molar-refractivity contribution >= 4 is 22.2 Å². The first-order chi connectivity index (χ1) is 13.7. The number of thiazole rings is 1. The Morgan fingerprint density at radius 2 is 1.79 bits per heavy atom. The predicted molar refractivity (Wildman–Crippen MR) is 111 cm³/mol. The highest BCUT2D eigenvalue weighted by atomic mass is 32.1. The van der Waals surface area contributed by atoms with Gasteiger partial charge in [-0.2, -0.15) is 0 Å². The molecule has 3 aromatic rings. The van der Waals surface area contributed by atoms with Gasteiger partial charge in [-0.25, -0.2) is 13.8 Å². The quantitative estimate of drug-likeness (QED) is 0.365. The van der Waals surface area contributed by atoms with E-state index in [0.29, 0.717) is 10.8 Å². The fourth-order valence-corrected chi connectivity index (χ4v) is 3.54. The molecule has 0 radical (unpaired) electrons. The number of anilines is 2. The lowest BCUT2D eigenvalue weighted by Gasteiger charge is -2.07. The molecule has 1 heterocycles. The van der Waals surface area contributed by atoms with Crippen LogP contribution in [-0.4, -0.2) is 11.6 Å². The van der Waals surface area contributed by atoms with Crippen LogP contribution in [0.1, 0.15) is 39.0 Å². The van der Waals surface area contributed by atoms with Crippen molar-refractivity contribution in [1.29, 1.82) is 0 Å². The SMILES string of the molecule is CCCCCCCOc1ccc(Nc2nc(-c3ccc(F)cc3F)cs2)cc1. The molecule has 6 heteroatoms. The number of ether oxygens (including phenoxy) is 1. The number of nitrogens with one attached hydrogen (secondary N) is 1. The van der Waals surface area contributed by atoms with Gasteiger partial charge in [0.15, 0.2) is 5.13 Å². The van der Waals surface area contributed by atoms with Crippen molar-refractivity contribution in [2.45, 2.75) is 39.0 Å². The first-order valence-electron chi connectivity index (χ1n) is 9.56. The fraction of sp³-hybridized carbons (Fsp3) is 0.318. The molecular weight excluding hydrogens is 378 g/mol. The van der Waals surface area contributed by atoms with Gasteiger partial charge in [0.25, 0.3) is 0 Å². The topological polar surface area (TPSA) is 34.1 Å². The second-order valence-electron chi connectivity index (χ2n) is 6.57. The number of halogens is 2. The summed E-state index contributed by atoms with van der Waals surface area (Å²) < 4.78 is 32.7. The van der Waals surface area contributed by atoms with E-state index in [4.69, 9.17) is 4.74 Å². The van der Waals surface area contributed by atoms with Crippen molar-refractivity contribution in [3.05, 3.63) is 59.5 Å². The minimum absolute atomic E-state index is 0.286. The monoisotopic (exact) mass is 402 g/mol. The molecule has 3 rings (SSSR count). The van der Waals surface area contributed by atoms with E-state index < -0.39 is 11.6 Å². The van der Waals surface area contributed by atoms with E-state index in [0.717, 1.165) is 30.5 Å². The molecule has 3 nitrogen and oxygen atoms in total. The van der Waals surface area contributed by atoms with E-state index in [-0.39, 0.29) is 5.56 Å². The number of hydrogen-bond acceptors (Lipinski definition) is 4. The average Bonchev–Trinajstić information content (AvgIpc) is 3.14. The summed E-state index contributed by atoms with van der Waals surface area (Å²) in [5.74, 6) is -0.375. The molecule has 0 saturated carbocycles. The van der Waals surface area contributed by atoms with Gasteiger partial charge < -0.3 is 10.1 Å². The van der Waals surface area contributed by atoms with Crippen LogP contribution in [0.5, 0.6) is 5.75 Å². The number of aromatic nitrogens is 1. The van der Waals surface area contributed by atoms with Gasteiger partial charge in [0.05, 0.1) is 12.3 Å². The Morgan fingerprint density at radius 3 is 2.54 bits per heavy atom. The number of rotatable bonds is 10. The maximum absolute atomic E-state index is 13.9. The molecule has 0 aliphatic carbocycles. The minimum atomic E-state index is -0.618. The van der Waals surface area contributed by atoms with Gasteiger partial charge >= 0.3 is 0 Å². The van der Waals surface area contributed by atoms with Gasteiger partial charge in [-0.15, -0.1) is 11.3 Å². The predicted octanol–water partition coefficient (Wildman–Crippen LogP) is 7.18. The van der Waals surface area contributed by atoms with Gasteiger partial charge in [0.1, 0.15) is 17.4 Å². The van der Waals surface area contributed by atoms with Gasteiger partial charge in [0, 0.05) is 22.7 Å². The Hall–Kier alpha value is -2.47. The zero-order chi connectivity index (χ0) is 19.8. The Balaban J connectivity index is 1.52. The summed E-state index contributed by atoms with van der Waals surface area (Å²) in [6.07, 6.45) is 6.07. The normalized spacial score (nSPS) is 10.8. The molecule has 0 amide bonds. The van der Waals surface area contributed by atoms with Crippen LogP contribution in [0.2, 0.25) is 0 Å². The van der Waals surface area contributed by atoms with E-state index >= 15 is 0 Å². The minimum Gasteiger partial charge on any atom is -0.494 e. The molecule has 0 fully saturated rings. The van der Waals surface area contributed by atoms with E-state index in [9.17, 15) is 8.78 Å². The molecule has 1 aromatic heterocycles. The summed E-state index contributed by atoms with van der Waals surface area (Å²) in [6.45, 7) is 2.94. The van der Waals surface area contributed by atoms with Crippen LogP contribution in [-0.2, 0) is 0 Å². The van der Waals surface area contributed by atoms with Crippen LogP contribution in [0.15, 0.2) is 47.8 Å². The summed E-state index contributed by atoms with van der Waals surface area (Å²) in [6, 6.07) is 11.2.